The molecule has 0 spiro atoms. The Morgan fingerprint density at radius 1 is 1.19 bits per heavy atom. The van der Waals surface area contributed by atoms with Crippen LogP contribution < -0.4 is 10.1 Å². The van der Waals surface area contributed by atoms with Crippen LogP contribution in [0.15, 0.2) is 54.7 Å². The molecule has 0 saturated carbocycles. The second kappa shape index (κ2) is 7.08. The van der Waals surface area contributed by atoms with Crippen molar-refractivity contribution < 1.29 is 9.53 Å². The molecule has 6 heteroatoms. The lowest BCUT2D eigenvalue weighted by Gasteiger charge is -2.12. The Bertz CT molecular complexity index is 981. The number of nitrogens with zero attached hydrogens (tertiary/aromatic N) is 2. The van der Waals surface area contributed by atoms with E-state index in [9.17, 15) is 4.79 Å². The van der Waals surface area contributed by atoms with Crippen LogP contribution in [0.5, 0.6) is 5.75 Å². The van der Waals surface area contributed by atoms with Crippen molar-refractivity contribution >= 4 is 23.3 Å². The molecule has 2 heterocycles. The Labute approximate surface area is 162 Å². The van der Waals surface area contributed by atoms with E-state index in [0.717, 1.165) is 11.1 Å². The number of hydrogen-bond donors (Lipinski definition) is 1. The van der Waals surface area contributed by atoms with Crippen molar-refractivity contribution in [3.8, 4) is 5.75 Å². The number of rotatable bonds is 4. The number of carbonyl (C=O) groups is 1. The number of nitrogens with one attached hydrogen (secondary N) is 1. The molecule has 1 N–H and O–H groups in total. The van der Waals surface area contributed by atoms with Crippen molar-refractivity contribution in [3.05, 3.63) is 76.4 Å². The van der Waals surface area contributed by atoms with Crippen LogP contribution in [0, 0.1) is 0 Å². The number of amides is 1. The maximum absolute atomic E-state index is 12.9. The fourth-order valence-electron chi connectivity index (χ4n) is 3.28. The highest BCUT2D eigenvalue weighted by Gasteiger charge is 2.31. The summed E-state index contributed by atoms with van der Waals surface area (Å²) in [6.45, 7) is 4.67. The van der Waals surface area contributed by atoms with Gasteiger partial charge in [-0.25, -0.2) is 4.68 Å². The van der Waals surface area contributed by atoms with E-state index in [-0.39, 0.29) is 17.9 Å². The molecule has 0 fully saturated rings. The van der Waals surface area contributed by atoms with Gasteiger partial charge in [-0.1, -0.05) is 42.8 Å². The van der Waals surface area contributed by atoms with Crippen LogP contribution in [0.4, 0.5) is 5.82 Å². The van der Waals surface area contributed by atoms with Gasteiger partial charge in [-0.2, -0.15) is 5.10 Å². The molecule has 2 atom stereocenters. The van der Waals surface area contributed by atoms with Crippen LogP contribution >= 0.6 is 11.6 Å². The fourth-order valence-corrected chi connectivity index (χ4v) is 3.40. The van der Waals surface area contributed by atoms with Gasteiger partial charge >= 0.3 is 0 Å². The lowest BCUT2D eigenvalue weighted by Crippen LogP contribution is -2.17. The maximum atomic E-state index is 12.9. The number of halogens is 1. The Hall–Kier alpha value is -2.79. The average molecular weight is 382 g/mol. The van der Waals surface area contributed by atoms with E-state index in [1.54, 1.807) is 23.0 Å². The summed E-state index contributed by atoms with van der Waals surface area (Å²) in [6, 6.07) is 15.0. The van der Waals surface area contributed by atoms with E-state index >= 15 is 0 Å². The minimum absolute atomic E-state index is 0.0596. The molecule has 27 heavy (non-hydrogen) atoms. The van der Waals surface area contributed by atoms with Crippen molar-refractivity contribution in [1.29, 1.82) is 0 Å². The molecule has 1 amide bonds. The van der Waals surface area contributed by atoms with Crippen molar-refractivity contribution in [2.75, 3.05) is 5.32 Å². The summed E-state index contributed by atoms with van der Waals surface area (Å²) < 4.78 is 7.68. The van der Waals surface area contributed by atoms with Gasteiger partial charge < -0.3 is 10.1 Å². The summed E-state index contributed by atoms with van der Waals surface area (Å²) in [7, 11) is 0. The first kappa shape index (κ1) is 17.6. The standard InChI is InChI=1S/C21H20ClN3O2/c1-13-14(2)27-20-17(13)4-3-5-18(20)21(26)24-19-10-11-23-25(19)12-15-6-8-16(22)9-7-15/h3-11,13-14H,12H2,1-2H3,(H,24,26). The second-order valence-corrected chi connectivity index (χ2v) is 7.23. The molecule has 138 valence electrons. The number of carbonyl (C=O) groups excluding carboxylic acids is 1. The Morgan fingerprint density at radius 2 is 1.96 bits per heavy atom. The lowest BCUT2D eigenvalue weighted by atomic mass is 9.97. The zero-order chi connectivity index (χ0) is 19.0. The smallest absolute Gasteiger partial charge is 0.260 e. The fraction of sp³-hybridized carbons (Fsp3) is 0.238. The van der Waals surface area contributed by atoms with Gasteiger partial charge in [0.25, 0.3) is 5.91 Å². The van der Waals surface area contributed by atoms with Gasteiger partial charge in [-0.3, -0.25) is 4.79 Å². The number of para-hydroxylation sites is 1. The van der Waals surface area contributed by atoms with E-state index in [0.29, 0.717) is 28.7 Å². The minimum Gasteiger partial charge on any atom is -0.489 e. The first-order chi connectivity index (χ1) is 13.0. The van der Waals surface area contributed by atoms with Gasteiger partial charge in [-0.15, -0.1) is 0 Å². The van der Waals surface area contributed by atoms with Crippen LogP contribution in [0.3, 0.4) is 0 Å². The summed E-state index contributed by atoms with van der Waals surface area (Å²) in [4.78, 5) is 12.9. The van der Waals surface area contributed by atoms with Gasteiger partial charge in [0, 0.05) is 22.6 Å². The van der Waals surface area contributed by atoms with E-state index in [2.05, 4.69) is 17.3 Å². The summed E-state index contributed by atoms with van der Waals surface area (Å²) >= 11 is 5.94. The van der Waals surface area contributed by atoms with Gasteiger partial charge in [0.1, 0.15) is 17.7 Å². The van der Waals surface area contributed by atoms with E-state index in [4.69, 9.17) is 16.3 Å². The molecule has 2 aromatic carbocycles. The monoisotopic (exact) mass is 381 g/mol. The lowest BCUT2D eigenvalue weighted by molar-refractivity contribution is 0.102. The summed E-state index contributed by atoms with van der Waals surface area (Å²) in [5.74, 6) is 1.37. The molecule has 3 aromatic rings. The van der Waals surface area contributed by atoms with Crippen molar-refractivity contribution in [3.63, 3.8) is 0 Å². The van der Waals surface area contributed by atoms with Crippen LogP contribution in [-0.2, 0) is 6.54 Å². The van der Waals surface area contributed by atoms with Crippen LogP contribution in [0.25, 0.3) is 0 Å². The molecular formula is C21H20ClN3O2. The number of benzene rings is 2. The third-order valence-electron chi connectivity index (χ3n) is 4.99. The second-order valence-electron chi connectivity index (χ2n) is 6.79. The van der Waals surface area contributed by atoms with Crippen LogP contribution in [0.2, 0.25) is 5.02 Å². The van der Waals surface area contributed by atoms with Crippen molar-refractivity contribution in [2.45, 2.75) is 32.4 Å². The zero-order valence-corrected chi connectivity index (χ0v) is 15.9. The van der Waals surface area contributed by atoms with Crippen LogP contribution in [0.1, 0.15) is 41.3 Å². The van der Waals surface area contributed by atoms with E-state index < -0.39 is 0 Å². The molecule has 0 bridgehead atoms. The Morgan fingerprint density at radius 3 is 2.74 bits per heavy atom. The molecule has 0 aliphatic carbocycles. The first-order valence-corrected chi connectivity index (χ1v) is 9.28. The number of hydrogen-bond acceptors (Lipinski definition) is 3. The number of anilines is 1. The largest absolute Gasteiger partial charge is 0.489 e. The molecule has 0 saturated heterocycles. The number of fused-ring (bicyclic) bond motifs is 1. The predicted octanol–water partition coefficient (Wildman–Crippen LogP) is 4.72. The maximum Gasteiger partial charge on any atom is 0.260 e. The van der Waals surface area contributed by atoms with Gasteiger partial charge in [0.05, 0.1) is 18.3 Å². The Balaban J connectivity index is 1.55. The third-order valence-corrected chi connectivity index (χ3v) is 5.24. The SMILES string of the molecule is CC1Oc2c(C(=O)Nc3ccnn3Cc3ccc(Cl)cc3)cccc2C1C. The predicted molar refractivity (Wildman–Crippen MR) is 106 cm³/mol. The number of aromatic nitrogens is 2. The van der Waals surface area contributed by atoms with E-state index in [1.165, 1.54) is 0 Å². The summed E-state index contributed by atoms with van der Waals surface area (Å²) in [5, 5.41) is 7.96. The van der Waals surface area contributed by atoms with Crippen LogP contribution in [-0.4, -0.2) is 21.8 Å². The zero-order valence-electron chi connectivity index (χ0n) is 15.1. The van der Waals surface area contributed by atoms with Gasteiger partial charge in [0.2, 0.25) is 0 Å². The normalized spacial score (nSPS) is 18.0. The molecule has 0 radical (unpaired) electrons. The molecule has 5 nitrogen and oxygen atoms in total. The highest BCUT2D eigenvalue weighted by molar-refractivity contribution is 6.30. The highest BCUT2D eigenvalue weighted by atomic mass is 35.5. The molecule has 4 rings (SSSR count). The topological polar surface area (TPSA) is 56.1 Å². The summed E-state index contributed by atoms with van der Waals surface area (Å²) in [6.07, 6.45) is 1.73. The highest BCUT2D eigenvalue weighted by Crippen LogP contribution is 2.40. The van der Waals surface area contributed by atoms with Gasteiger partial charge in [-0.05, 0) is 30.7 Å². The Kier molecular flexibility index (Phi) is 4.62. The molecule has 1 aromatic heterocycles. The summed E-state index contributed by atoms with van der Waals surface area (Å²) in [5.41, 5.74) is 2.66. The first-order valence-electron chi connectivity index (χ1n) is 8.90. The average Bonchev–Trinajstić information content (AvgIpc) is 3.21. The minimum atomic E-state index is -0.203. The van der Waals surface area contributed by atoms with E-state index in [1.807, 2.05) is 43.3 Å². The quantitative estimate of drug-likeness (QED) is 0.711. The molecule has 1 aliphatic heterocycles. The van der Waals surface area contributed by atoms with Crippen molar-refractivity contribution in [1.82, 2.24) is 9.78 Å². The molecule has 2 unspecified atom stereocenters. The van der Waals surface area contributed by atoms with Gasteiger partial charge in [0.15, 0.2) is 0 Å². The third kappa shape index (κ3) is 3.43. The number of ether oxygens (including phenoxy) is 1. The van der Waals surface area contributed by atoms with Crippen molar-refractivity contribution in [2.24, 2.45) is 0 Å². The molecule has 1 aliphatic rings. The molecular weight excluding hydrogens is 362 g/mol.